The second-order valence-corrected chi connectivity index (χ2v) is 5.95. The van der Waals surface area contributed by atoms with Gasteiger partial charge in [0.05, 0.1) is 6.04 Å². The number of nitrogens with zero attached hydrogens (tertiary/aromatic N) is 2. The van der Waals surface area contributed by atoms with Gasteiger partial charge in [-0.1, -0.05) is 19.9 Å². The number of hydrogen-bond donors (Lipinski definition) is 1. The molecule has 0 spiro atoms. The molecule has 1 atom stereocenters. The summed E-state index contributed by atoms with van der Waals surface area (Å²) in [5.74, 6) is -0.0575. The summed E-state index contributed by atoms with van der Waals surface area (Å²) in [7, 11) is 0. The number of fused-ring (bicyclic) bond motifs is 1. The highest BCUT2D eigenvalue weighted by Crippen LogP contribution is 2.32. The summed E-state index contributed by atoms with van der Waals surface area (Å²) in [6.07, 6.45) is 2.05. The van der Waals surface area contributed by atoms with Crippen LogP contribution in [0.4, 0.5) is 14.9 Å². The summed E-state index contributed by atoms with van der Waals surface area (Å²) in [5.41, 5.74) is 1.63. The first kappa shape index (κ1) is 14.6. The maximum absolute atomic E-state index is 13.3. The molecular weight excluding hydrogens is 281 g/mol. The number of hydrogen-bond acceptors (Lipinski definition) is 1. The SMILES string of the molecule is CC(C)[C@H]1c2cccn2CCN1C(=O)Nc1cccc(F)c1. The first-order chi connectivity index (χ1) is 10.6. The maximum atomic E-state index is 13.3. The van der Waals surface area contributed by atoms with Gasteiger partial charge >= 0.3 is 6.03 Å². The number of rotatable bonds is 2. The van der Waals surface area contributed by atoms with Crippen LogP contribution in [0.3, 0.4) is 0 Å². The second kappa shape index (κ2) is 5.83. The quantitative estimate of drug-likeness (QED) is 0.898. The molecule has 22 heavy (non-hydrogen) atoms. The Bertz CT molecular complexity index is 680. The van der Waals surface area contributed by atoms with Gasteiger partial charge in [0.2, 0.25) is 0 Å². The lowest BCUT2D eigenvalue weighted by molar-refractivity contribution is 0.144. The van der Waals surface area contributed by atoms with Gasteiger partial charge in [-0.25, -0.2) is 9.18 Å². The van der Waals surface area contributed by atoms with Crippen molar-refractivity contribution in [2.75, 3.05) is 11.9 Å². The number of carbonyl (C=O) groups is 1. The minimum absolute atomic E-state index is 0.0253. The van der Waals surface area contributed by atoms with Crippen LogP contribution in [0.25, 0.3) is 0 Å². The third-order valence-electron chi connectivity index (χ3n) is 4.05. The van der Waals surface area contributed by atoms with E-state index in [4.69, 9.17) is 0 Å². The first-order valence-corrected chi connectivity index (χ1v) is 7.54. The van der Waals surface area contributed by atoms with Crippen molar-refractivity contribution in [3.05, 3.63) is 54.1 Å². The molecular formula is C17H20FN3O. The van der Waals surface area contributed by atoms with Gasteiger partial charge in [-0.2, -0.15) is 0 Å². The van der Waals surface area contributed by atoms with Crippen LogP contribution < -0.4 is 5.32 Å². The Morgan fingerprint density at radius 1 is 1.27 bits per heavy atom. The van der Waals surface area contributed by atoms with Crippen molar-refractivity contribution in [2.24, 2.45) is 5.92 Å². The number of urea groups is 1. The Balaban J connectivity index is 1.82. The van der Waals surface area contributed by atoms with E-state index in [1.54, 1.807) is 12.1 Å². The monoisotopic (exact) mass is 301 g/mol. The van der Waals surface area contributed by atoms with Gasteiger partial charge in [0.15, 0.2) is 0 Å². The van der Waals surface area contributed by atoms with Gasteiger partial charge in [0, 0.05) is 30.7 Å². The Hall–Kier alpha value is -2.30. The third-order valence-corrected chi connectivity index (χ3v) is 4.05. The van der Waals surface area contributed by atoms with E-state index in [-0.39, 0.29) is 17.9 Å². The molecule has 1 aromatic carbocycles. The molecule has 2 heterocycles. The fourth-order valence-electron chi connectivity index (χ4n) is 3.10. The lowest BCUT2D eigenvalue weighted by Crippen LogP contribution is -2.45. The fraction of sp³-hybridized carbons (Fsp3) is 0.353. The second-order valence-electron chi connectivity index (χ2n) is 5.95. The van der Waals surface area contributed by atoms with E-state index in [2.05, 4.69) is 29.8 Å². The summed E-state index contributed by atoms with van der Waals surface area (Å²) in [6.45, 7) is 5.64. The fourth-order valence-corrected chi connectivity index (χ4v) is 3.10. The van der Waals surface area contributed by atoms with Crippen molar-refractivity contribution in [3.63, 3.8) is 0 Å². The normalized spacial score (nSPS) is 17.5. The van der Waals surface area contributed by atoms with Crippen LogP contribution in [0.5, 0.6) is 0 Å². The summed E-state index contributed by atoms with van der Waals surface area (Å²) in [6, 6.07) is 9.89. The minimum Gasteiger partial charge on any atom is -0.348 e. The number of halogens is 1. The molecule has 1 N–H and O–H groups in total. The van der Waals surface area contributed by atoms with Crippen molar-refractivity contribution >= 4 is 11.7 Å². The van der Waals surface area contributed by atoms with Crippen molar-refractivity contribution in [2.45, 2.75) is 26.4 Å². The van der Waals surface area contributed by atoms with E-state index in [1.807, 2.05) is 17.2 Å². The van der Waals surface area contributed by atoms with Crippen molar-refractivity contribution in [3.8, 4) is 0 Å². The van der Waals surface area contributed by atoms with Crippen LogP contribution in [0.2, 0.25) is 0 Å². The topological polar surface area (TPSA) is 37.3 Å². The average Bonchev–Trinajstić information content (AvgIpc) is 2.94. The molecule has 116 valence electrons. The molecule has 4 nitrogen and oxygen atoms in total. The average molecular weight is 301 g/mol. The third kappa shape index (κ3) is 2.71. The standard InChI is InChI=1S/C17H20FN3O/c1-12(2)16-15-7-4-8-20(15)9-10-21(16)17(22)19-14-6-3-5-13(18)11-14/h3-8,11-12,16H,9-10H2,1-2H3,(H,19,22)/t16-/m0/s1. The van der Waals surface area contributed by atoms with Crippen molar-refractivity contribution in [1.29, 1.82) is 0 Å². The predicted molar refractivity (Wildman–Crippen MR) is 84.1 cm³/mol. The number of carbonyl (C=O) groups excluding carboxylic acids is 1. The first-order valence-electron chi connectivity index (χ1n) is 7.54. The molecule has 5 heteroatoms. The summed E-state index contributed by atoms with van der Waals surface area (Å²) < 4.78 is 15.4. The molecule has 3 rings (SSSR count). The smallest absolute Gasteiger partial charge is 0.322 e. The van der Waals surface area contributed by atoms with E-state index < -0.39 is 0 Å². The molecule has 0 saturated carbocycles. The zero-order valence-corrected chi connectivity index (χ0v) is 12.8. The van der Waals surface area contributed by atoms with Crippen molar-refractivity contribution in [1.82, 2.24) is 9.47 Å². The Morgan fingerprint density at radius 3 is 2.82 bits per heavy atom. The van der Waals surface area contributed by atoms with Crippen LogP contribution >= 0.6 is 0 Å². The lowest BCUT2D eigenvalue weighted by Gasteiger charge is -2.39. The van der Waals surface area contributed by atoms with E-state index in [0.717, 1.165) is 12.2 Å². The molecule has 0 fully saturated rings. The van der Waals surface area contributed by atoms with Gasteiger partial charge in [0.1, 0.15) is 5.82 Å². The van der Waals surface area contributed by atoms with Gasteiger partial charge in [-0.15, -0.1) is 0 Å². The molecule has 0 unspecified atom stereocenters. The van der Waals surface area contributed by atoms with E-state index in [1.165, 1.54) is 12.1 Å². The van der Waals surface area contributed by atoms with E-state index in [0.29, 0.717) is 18.2 Å². The summed E-state index contributed by atoms with van der Waals surface area (Å²) >= 11 is 0. The van der Waals surface area contributed by atoms with Crippen LogP contribution in [-0.4, -0.2) is 22.0 Å². The highest BCUT2D eigenvalue weighted by molar-refractivity contribution is 5.89. The Kier molecular flexibility index (Phi) is 3.88. The highest BCUT2D eigenvalue weighted by Gasteiger charge is 2.32. The lowest BCUT2D eigenvalue weighted by atomic mass is 9.97. The largest absolute Gasteiger partial charge is 0.348 e. The summed E-state index contributed by atoms with van der Waals surface area (Å²) in [5, 5.41) is 2.80. The number of benzene rings is 1. The van der Waals surface area contributed by atoms with Crippen LogP contribution in [0.1, 0.15) is 25.6 Å². The highest BCUT2D eigenvalue weighted by atomic mass is 19.1. The molecule has 1 aromatic heterocycles. The van der Waals surface area contributed by atoms with Gasteiger partial charge in [-0.05, 0) is 36.2 Å². The molecule has 2 aromatic rings. The van der Waals surface area contributed by atoms with E-state index in [9.17, 15) is 9.18 Å². The number of aromatic nitrogens is 1. The molecule has 0 aliphatic carbocycles. The Morgan fingerprint density at radius 2 is 2.09 bits per heavy atom. The van der Waals surface area contributed by atoms with Gasteiger partial charge in [0.25, 0.3) is 0 Å². The van der Waals surface area contributed by atoms with Crippen molar-refractivity contribution < 1.29 is 9.18 Å². The maximum Gasteiger partial charge on any atom is 0.322 e. The number of amides is 2. The van der Waals surface area contributed by atoms with Crippen LogP contribution in [0.15, 0.2) is 42.6 Å². The molecule has 0 radical (unpaired) electrons. The van der Waals surface area contributed by atoms with Gasteiger partial charge in [-0.3, -0.25) is 0 Å². The molecule has 0 bridgehead atoms. The van der Waals surface area contributed by atoms with E-state index >= 15 is 0 Å². The number of anilines is 1. The van der Waals surface area contributed by atoms with Crippen LogP contribution in [-0.2, 0) is 6.54 Å². The zero-order valence-electron chi connectivity index (χ0n) is 12.8. The molecule has 1 aliphatic rings. The zero-order chi connectivity index (χ0) is 15.7. The molecule has 0 saturated heterocycles. The predicted octanol–water partition coefficient (Wildman–Crippen LogP) is 3.87. The minimum atomic E-state index is -0.356. The van der Waals surface area contributed by atoms with Crippen LogP contribution in [0, 0.1) is 11.7 Å². The molecule has 2 amide bonds. The number of nitrogens with one attached hydrogen (secondary N) is 1. The Labute approximate surface area is 129 Å². The summed E-state index contributed by atoms with van der Waals surface area (Å²) in [4.78, 5) is 14.4. The molecule has 1 aliphatic heterocycles. The van der Waals surface area contributed by atoms with Gasteiger partial charge < -0.3 is 14.8 Å².